The quantitative estimate of drug-likeness (QED) is 0.929. The number of methoxy groups -OCH3 is 1. The maximum Gasteiger partial charge on any atom is 0.323 e. The van der Waals surface area contributed by atoms with E-state index in [2.05, 4.69) is 0 Å². The van der Waals surface area contributed by atoms with E-state index in [1.807, 2.05) is 0 Å². The van der Waals surface area contributed by atoms with Crippen molar-refractivity contribution in [3.8, 4) is 17.0 Å². The van der Waals surface area contributed by atoms with Crippen LogP contribution in [0, 0.1) is 5.82 Å². The maximum absolute atomic E-state index is 13.3. The number of halogens is 1. The molecule has 1 N–H and O–H groups in total. The number of benzene rings is 1. The summed E-state index contributed by atoms with van der Waals surface area (Å²) in [6.45, 7) is -0.475. The third-order valence-electron chi connectivity index (χ3n) is 2.51. The molecule has 0 atom stereocenters. The Labute approximate surface area is 111 Å². The van der Waals surface area contributed by atoms with Crippen molar-refractivity contribution in [3.05, 3.63) is 39.1 Å². The lowest BCUT2D eigenvalue weighted by atomic mass is 10.1. The summed E-state index contributed by atoms with van der Waals surface area (Å²) < 4.78 is 19.5. The third kappa shape index (κ3) is 2.65. The molecule has 1 heterocycles. The van der Waals surface area contributed by atoms with Gasteiger partial charge >= 0.3 is 10.8 Å². The highest BCUT2D eigenvalue weighted by molar-refractivity contribution is 7.07. The molecule has 5 nitrogen and oxygen atoms in total. The topological polar surface area (TPSA) is 68.5 Å². The van der Waals surface area contributed by atoms with Gasteiger partial charge in [-0.2, -0.15) is 0 Å². The van der Waals surface area contributed by atoms with Gasteiger partial charge < -0.3 is 9.84 Å². The van der Waals surface area contributed by atoms with Crippen LogP contribution in [-0.4, -0.2) is 22.8 Å². The second-order valence-corrected chi connectivity index (χ2v) is 4.53. The summed E-state index contributed by atoms with van der Waals surface area (Å²) in [6.07, 6.45) is 0. The zero-order valence-corrected chi connectivity index (χ0v) is 10.7. The highest BCUT2D eigenvalue weighted by Gasteiger charge is 2.16. The summed E-state index contributed by atoms with van der Waals surface area (Å²) in [5, 5.41) is 10.3. The van der Waals surface area contributed by atoms with E-state index in [4.69, 9.17) is 9.84 Å². The van der Waals surface area contributed by atoms with Gasteiger partial charge in [0.25, 0.3) is 0 Å². The number of carboxylic acid groups (broad SMARTS) is 1. The lowest BCUT2D eigenvalue weighted by Gasteiger charge is -2.10. The predicted molar refractivity (Wildman–Crippen MR) is 68.2 cm³/mol. The number of ether oxygens (including phenoxy) is 1. The molecule has 0 aliphatic heterocycles. The number of hydrogen-bond acceptors (Lipinski definition) is 4. The van der Waals surface area contributed by atoms with Crippen molar-refractivity contribution in [2.75, 3.05) is 7.11 Å². The van der Waals surface area contributed by atoms with E-state index in [1.165, 1.54) is 30.7 Å². The van der Waals surface area contributed by atoms with E-state index >= 15 is 0 Å². The molecule has 1 aromatic carbocycles. The number of rotatable bonds is 4. The number of carbonyl (C=O) groups is 1. The van der Waals surface area contributed by atoms with Crippen LogP contribution in [0.2, 0.25) is 0 Å². The SMILES string of the molecule is COc1ccc(F)cc1-c1csc(=O)n1CC(=O)O. The molecule has 7 heteroatoms. The first-order chi connectivity index (χ1) is 9.02. The standard InChI is InChI=1S/C12H10FNO4S/c1-18-10-3-2-7(13)4-8(10)9-6-19-12(17)14(9)5-11(15)16/h2-4,6H,5H2,1H3,(H,15,16). The van der Waals surface area contributed by atoms with Crippen LogP contribution in [0.15, 0.2) is 28.4 Å². The van der Waals surface area contributed by atoms with Crippen molar-refractivity contribution in [1.82, 2.24) is 4.57 Å². The van der Waals surface area contributed by atoms with Gasteiger partial charge in [0.05, 0.1) is 12.8 Å². The van der Waals surface area contributed by atoms with E-state index in [0.717, 1.165) is 15.9 Å². The Bertz CT molecular complexity index is 677. The summed E-state index contributed by atoms with van der Waals surface area (Å²) in [7, 11) is 1.42. The predicted octanol–water partition coefficient (Wildman–Crippen LogP) is 1.81. The first kappa shape index (κ1) is 13.3. The van der Waals surface area contributed by atoms with Crippen molar-refractivity contribution in [3.63, 3.8) is 0 Å². The first-order valence-electron chi connectivity index (χ1n) is 5.27. The summed E-state index contributed by atoms with van der Waals surface area (Å²) in [5.41, 5.74) is 0.677. The Kier molecular flexibility index (Phi) is 3.66. The summed E-state index contributed by atoms with van der Waals surface area (Å²) >= 11 is 0.859. The maximum atomic E-state index is 13.3. The van der Waals surface area contributed by atoms with Crippen LogP contribution in [0.4, 0.5) is 4.39 Å². The normalized spacial score (nSPS) is 10.4. The molecule has 0 unspecified atom stereocenters. The Morgan fingerprint density at radius 2 is 2.26 bits per heavy atom. The monoisotopic (exact) mass is 283 g/mol. The first-order valence-corrected chi connectivity index (χ1v) is 6.15. The molecule has 2 aromatic rings. The molecule has 0 amide bonds. The number of thiazole rings is 1. The minimum absolute atomic E-state index is 0.328. The van der Waals surface area contributed by atoms with Gasteiger partial charge in [-0.25, -0.2) is 4.39 Å². The average molecular weight is 283 g/mol. The van der Waals surface area contributed by atoms with Crippen LogP contribution < -0.4 is 9.61 Å². The smallest absolute Gasteiger partial charge is 0.323 e. The van der Waals surface area contributed by atoms with Crippen LogP contribution >= 0.6 is 11.3 Å². The third-order valence-corrected chi connectivity index (χ3v) is 3.28. The van der Waals surface area contributed by atoms with Crippen molar-refractivity contribution in [2.45, 2.75) is 6.54 Å². The molecule has 0 aliphatic carbocycles. The summed E-state index contributed by atoms with van der Waals surface area (Å²) in [5.74, 6) is -1.26. The Morgan fingerprint density at radius 3 is 2.89 bits per heavy atom. The zero-order chi connectivity index (χ0) is 14.0. The van der Waals surface area contributed by atoms with Crippen LogP contribution in [0.5, 0.6) is 5.75 Å². The number of nitrogens with zero attached hydrogens (tertiary/aromatic N) is 1. The molecule has 0 bridgehead atoms. The summed E-state index contributed by atoms with van der Waals surface area (Å²) in [4.78, 5) is 22.0. The van der Waals surface area contributed by atoms with Gasteiger partial charge in [-0.05, 0) is 18.2 Å². The molecule has 0 spiro atoms. The fourth-order valence-corrected chi connectivity index (χ4v) is 2.46. The number of carboxylic acids is 1. The summed E-state index contributed by atoms with van der Waals surface area (Å²) in [6, 6.07) is 3.87. The van der Waals surface area contributed by atoms with E-state index in [0.29, 0.717) is 17.0 Å². The van der Waals surface area contributed by atoms with Crippen LogP contribution in [0.3, 0.4) is 0 Å². The fraction of sp³-hybridized carbons (Fsp3) is 0.167. The molecule has 0 saturated heterocycles. The highest BCUT2D eigenvalue weighted by atomic mass is 32.1. The zero-order valence-electron chi connectivity index (χ0n) is 9.92. The van der Waals surface area contributed by atoms with Gasteiger partial charge in [0, 0.05) is 10.9 Å². The van der Waals surface area contributed by atoms with Crippen LogP contribution in [-0.2, 0) is 11.3 Å². The minimum Gasteiger partial charge on any atom is -0.496 e. The number of aromatic nitrogens is 1. The van der Waals surface area contributed by atoms with Gasteiger partial charge in [-0.1, -0.05) is 11.3 Å². The lowest BCUT2D eigenvalue weighted by molar-refractivity contribution is -0.137. The molecular formula is C12H10FNO4S. The Balaban J connectivity index is 2.62. The number of aliphatic carboxylic acids is 1. The average Bonchev–Trinajstić information content (AvgIpc) is 2.70. The molecule has 0 fully saturated rings. The van der Waals surface area contributed by atoms with E-state index in [9.17, 15) is 14.0 Å². The fourth-order valence-electron chi connectivity index (χ4n) is 1.71. The van der Waals surface area contributed by atoms with Crippen LogP contribution in [0.1, 0.15) is 0 Å². The van der Waals surface area contributed by atoms with Crippen molar-refractivity contribution in [1.29, 1.82) is 0 Å². The van der Waals surface area contributed by atoms with Gasteiger partial charge in [-0.3, -0.25) is 14.2 Å². The molecule has 100 valence electrons. The Hall–Kier alpha value is -2.15. The Morgan fingerprint density at radius 1 is 1.53 bits per heavy atom. The van der Waals surface area contributed by atoms with Gasteiger partial charge in [-0.15, -0.1) is 0 Å². The largest absolute Gasteiger partial charge is 0.496 e. The number of hydrogen-bond donors (Lipinski definition) is 1. The van der Waals surface area contributed by atoms with Gasteiger partial charge in [0.1, 0.15) is 18.1 Å². The van der Waals surface area contributed by atoms with Crippen molar-refractivity contribution >= 4 is 17.3 Å². The second kappa shape index (κ2) is 5.23. The molecule has 2 rings (SSSR count). The molecule has 0 saturated carbocycles. The molecule has 0 radical (unpaired) electrons. The van der Waals surface area contributed by atoms with E-state index in [1.54, 1.807) is 0 Å². The van der Waals surface area contributed by atoms with Crippen molar-refractivity contribution < 1.29 is 19.0 Å². The van der Waals surface area contributed by atoms with E-state index in [-0.39, 0.29) is 0 Å². The lowest BCUT2D eigenvalue weighted by Crippen LogP contribution is -2.19. The highest BCUT2D eigenvalue weighted by Crippen LogP contribution is 2.30. The van der Waals surface area contributed by atoms with Gasteiger partial charge in [0.2, 0.25) is 0 Å². The minimum atomic E-state index is -1.14. The van der Waals surface area contributed by atoms with Crippen molar-refractivity contribution in [2.24, 2.45) is 0 Å². The van der Waals surface area contributed by atoms with Gasteiger partial charge in [0.15, 0.2) is 0 Å². The van der Waals surface area contributed by atoms with Crippen LogP contribution in [0.25, 0.3) is 11.3 Å². The molecule has 1 aromatic heterocycles. The molecular weight excluding hydrogens is 273 g/mol. The molecule has 19 heavy (non-hydrogen) atoms. The van der Waals surface area contributed by atoms with E-state index < -0.39 is 23.2 Å². The molecule has 0 aliphatic rings. The second-order valence-electron chi connectivity index (χ2n) is 3.71.